The Labute approximate surface area is 158 Å². The number of nitrogens with one attached hydrogen (secondary N) is 2. The largest absolute Gasteiger partial charge is 0.444 e. The van der Waals surface area contributed by atoms with Crippen LogP contribution in [-0.4, -0.2) is 30.7 Å². The predicted molar refractivity (Wildman–Crippen MR) is 95.5 cm³/mol. The first-order chi connectivity index (χ1) is 12.9. The summed E-state index contributed by atoms with van der Waals surface area (Å²) >= 11 is 0.350. The number of esters is 1. The van der Waals surface area contributed by atoms with Crippen LogP contribution in [0.4, 0.5) is 13.6 Å². The van der Waals surface area contributed by atoms with E-state index in [9.17, 15) is 23.2 Å². The molecule has 0 aliphatic heterocycles. The van der Waals surface area contributed by atoms with E-state index in [4.69, 9.17) is 4.74 Å². The average Bonchev–Trinajstić information content (AvgIpc) is 2.66. The zero-order valence-corrected chi connectivity index (χ0v) is 15.0. The van der Waals surface area contributed by atoms with Crippen LogP contribution in [0.1, 0.15) is 22.0 Å². The van der Waals surface area contributed by atoms with E-state index in [1.165, 1.54) is 31.3 Å². The molecule has 2 aromatic carbocycles. The SMILES string of the molecule is CNC(=O)NC(=O)C(OC(=O)c1ccc(SC(F)F)cc1)c1ccccc1. The van der Waals surface area contributed by atoms with E-state index in [2.05, 4.69) is 10.6 Å². The average molecular weight is 394 g/mol. The normalized spacial score (nSPS) is 11.6. The molecule has 0 aromatic heterocycles. The number of alkyl halides is 2. The second kappa shape index (κ2) is 9.67. The lowest BCUT2D eigenvalue weighted by Crippen LogP contribution is -2.41. The molecule has 0 fully saturated rings. The van der Waals surface area contributed by atoms with Crippen molar-refractivity contribution in [2.45, 2.75) is 16.8 Å². The predicted octanol–water partition coefficient (Wildman–Crippen LogP) is 3.36. The van der Waals surface area contributed by atoms with Crippen molar-refractivity contribution in [1.82, 2.24) is 10.6 Å². The van der Waals surface area contributed by atoms with Crippen molar-refractivity contribution in [2.24, 2.45) is 0 Å². The number of thioether (sulfide) groups is 1. The van der Waals surface area contributed by atoms with Gasteiger partial charge in [0.15, 0.2) is 0 Å². The Morgan fingerprint density at radius 2 is 1.63 bits per heavy atom. The molecule has 0 spiro atoms. The van der Waals surface area contributed by atoms with Crippen molar-refractivity contribution in [2.75, 3.05) is 7.05 Å². The Hall–Kier alpha value is -2.94. The van der Waals surface area contributed by atoms with E-state index >= 15 is 0 Å². The number of amides is 3. The van der Waals surface area contributed by atoms with Gasteiger partial charge in [-0.2, -0.15) is 8.78 Å². The van der Waals surface area contributed by atoms with Gasteiger partial charge in [-0.3, -0.25) is 10.1 Å². The molecule has 9 heteroatoms. The smallest absolute Gasteiger partial charge is 0.339 e. The fourth-order valence-corrected chi connectivity index (χ4v) is 2.59. The summed E-state index contributed by atoms with van der Waals surface area (Å²) in [6, 6.07) is 12.8. The summed E-state index contributed by atoms with van der Waals surface area (Å²) in [5, 5.41) is 4.30. The minimum absolute atomic E-state index is 0.0855. The lowest BCUT2D eigenvalue weighted by atomic mass is 10.1. The van der Waals surface area contributed by atoms with Crippen LogP contribution in [0.3, 0.4) is 0 Å². The van der Waals surface area contributed by atoms with E-state index in [0.29, 0.717) is 22.2 Å². The van der Waals surface area contributed by atoms with Gasteiger partial charge in [0, 0.05) is 17.5 Å². The number of halogens is 2. The maximum absolute atomic E-state index is 12.4. The highest BCUT2D eigenvalue weighted by Gasteiger charge is 2.27. The zero-order chi connectivity index (χ0) is 19.8. The van der Waals surface area contributed by atoms with E-state index in [1.54, 1.807) is 30.3 Å². The van der Waals surface area contributed by atoms with Gasteiger partial charge in [0.25, 0.3) is 11.7 Å². The number of carbonyl (C=O) groups is 3. The third-order valence-corrected chi connectivity index (χ3v) is 4.07. The van der Waals surface area contributed by atoms with Crippen molar-refractivity contribution >= 4 is 29.7 Å². The molecular weight excluding hydrogens is 378 g/mol. The van der Waals surface area contributed by atoms with Crippen molar-refractivity contribution in [3.63, 3.8) is 0 Å². The van der Waals surface area contributed by atoms with Gasteiger partial charge in [-0.15, -0.1) is 0 Å². The molecule has 2 aromatic rings. The number of rotatable bonds is 6. The van der Waals surface area contributed by atoms with E-state index in [-0.39, 0.29) is 5.56 Å². The number of hydrogen-bond donors (Lipinski definition) is 2. The van der Waals surface area contributed by atoms with Gasteiger partial charge in [0.05, 0.1) is 5.56 Å². The van der Waals surface area contributed by atoms with Crippen molar-refractivity contribution in [3.05, 3.63) is 65.7 Å². The monoisotopic (exact) mass is 394 g/mol. The van der Waals surface area contributed by atoms with Crippen LogP contribution in [0.5, 0.6) is 0 Å². The highest BCUT2D eigenvalue weighted by Crippen LogP contribution is 2.26. The number of urea groups is 1. The number of imide groups is 1. The van der Waals surface area contributed by atoms with Crippen molar-refractivity contribution in [1.29, 1.82) is 0 Å². The minimum Gasteiger partial charge on any atom is -0.444 e. The summed E-state index contributed by atoms with van der Waals surface area (Å²) in [7, 11) is 1.34. The quantitative estimate of drug-likeness (QED) is 0.580. The number of ether oxygens (including phenoxy) is 1. The highest BCUT2D eigenvalue weighted by molar-refractivity contribution is 7.99. The van der Waals surface area contributed by atoms with E-state index in [1.807, 2.05) is 0 Å². The summed E-state index contributed by atoms with van der Waals surface area (Å²) in [6.07, 6.45) is -1.36. The second-order valence-corrected chi connectivity index (χ2v) is 6.23. The fourth-order valence-electron chi connectivity index (χ4n) is 2.09. The first-order valence-corrected chi connectivity index (χ1v) is 8.62. The first kappa shape index (κ1) is 20.4. The van der Waals surface area contributed by atoms with E-state index < -0.39 is 29.8 Å². The molecule has 2 N–H and O–H groups in total. The standard InChI is InChI=1S/C18H16F2N2O4S/c1-21-18(25)22-15(23)14(11-5-3-2-4-6-11)26-16(24)12-7-9-13(10-8-12)27-17(19)20/h2-10,14,17H,1H3,(H2,21,22,23,25). The molecule has 142 valence electrons. The molecule has 3 amide bonds. The van der Waals surface area contributed by atoms with Crippen molar-refractivity contribution < 1.29 is 27.9 Å². The third-order valence-electron chi connectivity index (χ3n) is 3.34. The Morgan fingerprint density at radius 1 is 1.00 bits per heavy atom. The molecule has 0 aliphatic carbocycles. The molecule has 0 saturated carbocycles. The molecule has 0 bridgehead atoms. The Morgan fingerprint density at radius 3 is 2.19 bits per heavy atom. The molecule has 1 unspecified atom stereocenters. The maximum Gasteiger partial charge on any atom is 0.339 e. The zero-order valence-electron chi connectivity index (χ0n) is 14.1. The van der Waals surface area contributed by atoms with Gasteiger partial charge in [-0.05, 0) is 24.3 Å². The summed E-state index contributed by atoms with van der Waals surface area (Å²) in [4.78, 5) is 36.4. The van der Waals surface area contributed by atoms with Crippen LogP contribution in [0.2, 0.25) is 0 Å². The van der Waals surface area contributed by atoms with Gasteiger partial charge in [-0.1, -0.05) is 42.1 Å². The molecule has 1 atom stereocenters. The summed E-state index contributed by atoms with van der Waals surface area (Å²) < 4.78 is 30.0. The molecule has 27 heavy (non-hydrogen) atoms. The van der Waals surface area contributed by atoms with Gasteiger partial charge >= 0.3 is 12.0 Å². The highest BCUT2D eigenvalue weighted by atomic mass is 32.2. The number of hydrogen-bond acceptors (Lipinski definition) is 5. The Balaban J connectivity index is 2.17. The summed E-state index contributed by atoms with van der Waals surface area (Å²) in [5.41, 5.74) is 0.458. The lowest BCUT2D eigenvalue weighted by molar-refractivity contribution is -0.129. The van der Waals surface area contributed by atoms with Gasteiger partial charge < -0.3 is 10.1 Å². The van der Waals surface area contributed by atoms with Gasteiger partial charge in [-0.25, -0.2) is 9.59 Å². The van der Waals surface area contributed by atoms with Crippen LogP contribution in [0, 0.1) is 0 Å². The molecule has 0 radical (unpaired) electrons. The Bertz CT molecular complexity index is 801. The van der Waals surface area contributed by atoms with Crippen LogP contribution in [-0.2, 0) is 9.53 Å². The number of benzene rings is 2. The molecule has 6 nitrogen and oxygen atoms in total. The van der Waals surface area contributed by atoms with Gasteiger partial charge in [0.2, 0.25) is 6.10 Å². The van der Waals surface area contributed by atoms with Gasteiger partial charge in [0.1, 0.15) is 0 Å². The molecule has 2 rings (SSSR count). The lowest BCUT2D eigenvalue weighted by Gasteiger charge is -2.17. The molecular formula is C18H16F2N2O4S. The first-order valence-electron chi connectivity index (χ1n) is 7.74. The topological polar surface area (TPSA) is 84.5 Å². The second-order valence-electron chi connectivity index (χ2n) is 5.17. The molecule has 0 heterocycles. The van der Waals surface area contributed by atoms with Crippen LogP contribution < -0.4 is 10.6 Å². The minimum atomic E-state index is -2.57. The Kier molecular flexibility index (Phi) is 7.30. The molecule has 0 aliphatic rings. The van der Waals surface area contributed by atoms with Crippen LogP contribution >= 0.6 is 11.8 Å². The van der Waals surface area contributed by atoms with Crippen LogP contribution in [0.25, 0.3) is 0 Å². The number of carbonyl (C=O) groups excluding carboxylic acids is 3. The summed E-state index contributed by atoms with van der Waals surface area (Å²) in [5.74, 6) is -4.22. The van der Waals surface area contributed by atoms with Crippen LogP contribution in [0.15, 0.2) is 59.5 Å². The fraction of sp³-hybridized carbons (Fsp3) is 0.167. The third kappa shape index (κ3) is 6.07. The molecule has 0 saturated heterocycles. The van der Waals surface area contributed by atoms with Crippen molar-refractivity contribution in [3.8, 4) is 0 Å². The summed E-state index contributed by atoms with van der Waals surface area (Å²) in [6.45, 7) is 0. The van der Waals surface area contributed by atoms with E-state index in [0.717, 1.165) is 0 Å². The maximum atomic E-state index is 12.4.